The molecule has 2 atom stereocenters. The van der Waals surface area contributed by atoms with Crippen molar-refractivity contribution in [2.75, 3.05) is 34.0 Å². The summed E-state index contributed by atoms with van der Waals surface area (Å²) < 4.78 is 10.3. The van der Waals surface area contributed by atoms with Crippen molar-refractivity contribution in [3.05, 3.63) is 0 Å². The molecule has 0 aliphatic carbocycles. The second-order valence-corrected chi connectivity index (χ2v) is 4.46. The highest BCUT2D eigenvalue weighted by molar-refractivity contribution is 5.84. The summed E-state index contributed by atoms with van der Waals surface area (Å²) in [6.07, 6.45) is -0.0540. The Labute approximate surface area is 97.1 Å². The van der Waals surface area contributed by atoms with Gasteiger partial charge >= 0.3 is 0 Å². The first-order chi connectivity index (χ1) is 7.60. The standard InChI is InChI=1S/C11H22N2O3/c1-8(2)10-11(14)13(7-12-10)5-9(16-4)6-15-3/h8-10,12H,5-7H2,1-4H3. The van der Waals surface area contributed by atoms with Gasteiger partial charge in [-0.2, -0.15) is 0 Å². The molecule has 1 aliphatic rings. The minimum atomic E-state index is -0.0555. The van der Waals surface area contributed by atoms with Crippen LogP contribution in [-0.4, -0.2) is 57.0 Å². The molecule has 0 aromatic rings. The molecule has 94 valence electrons. The van der Waals surface area contributed by atoms with E-state index in [1.54, 1.807) is 19.1 Å². The number of carbonyl (C=O) groups excluding carboxylic acids is 1. The first-order valence-corrected chi connectivity index (χ1v) is 5.64. The van der Waals surface area contributed by atoms with Crippen molar-refractivity contribution in [1.82, 2.24) is 10.2 Å². The minimum absolute atomic E-state index is 0.0540. The molecular weight excluding hydrogens is 208 g/mol. The first-order valence-electron chi connectivity index (χ1n) is 5.64. The molecule has 0 radical (unpaired) electrons. The Balaban J connectivity index is 2.47. The van der Waals surface area contributed by atoms with E-state index in [0.717, 1.165) is 0 Å². The normalized spacial score (nSPS) is 23.2. The highest BCUT2D eigenvalue weighted by Gasteiger charge is 2.34. The van der Waals surface area contributed by atoms with Gasteiger partial charge in [-0.3, -0.25) is 10.1 Å². The predicted molar refractivity (Wildman–Crippen MR) is 61.0 cm³/mol. The molecule has 5 heteroatoms. The number of amides is 1. The van der Waals surface area contributed by atoms with Crippen molar-refractivity contribution in [2.24, 2.45) is 5.92 Å². The van der Waals surface area contributed by atoms with Crippen LogP contribution in [0.15, 0.2) is 0 Å². The summed E-state index contributed by atoms with van der Waals surface area (Å²) in [6.45, 7) is 5.78. The number of hydrogen-bond donors (Lipinski definition) is 1. The second-order valence-electron chi connectivity index (χ2n) is 4.46. The number of methoxy groups -OCH3 is 2. The van der Waals surface area contributed by atoms with E-state index in [0.29, 0.717) is 25.7 Å². The zero-order valence-corrected chi connectivity index (χ0v) is 10.5. The van der Waals surface area contributed by atoms with Gasteiger partial charge in [0, 0.05) is 14.2 Å². The molecule has 1 N–H and O–H groups in total. The number of nitrogens with zero attached hydrogens (tertiary/aromatic N) is 1. The largest absolute Gasteiger partial charge is 0.382 e. The van der Waals surface area contributed by atoms with Gasteiger partial charge in [-0.05, 0) is 5.92 Å². The van der Waals surface area contributed by atoms with Gasteiger partial charge in [-0.25, -0.2) is 0 Å². The van der Waals surface area contributed by atoms with Gasteiger partial charge in [0.05, 0.1) is 32.0 Å². The molecule has 2 unspecified atom stereocenters. The number of ether oxygens (including phenoxy) is 2. The van der Waals surface area contributed by atoms with Crippen molar-refractivity contribution >= 4 is 5.91 Å². The van der Waals surface area contributed by atoms with Crippen LogP contribution in [0.25, 0.3) is 0 Å². The van der Waals surface area contributed by atoms with E-state index in [-0.39, 0.29) is 18.1 Å². The van der Waals surface area contributed by atoms with Gasteiger partial charge < -0.3 is 14.4 Å². The summed E-state index contributed by atoms with van der Waals surface area (Å²) in [4.78, 5) is 13.8. The molecule has 5 nitrogen and oxygen atoms in total. The van der Waals surface area contributed by atoms with E-state index in [1.165, 1.54) is 0 Å². The molecule has 0 aromatic carbocycles. The second kappa shape index (κ2) is 6.18. The zero-order valence-electron chi connectivity index (χ0n) is 10.5. The minimum Gasteiger partial charge on any atom is -0.382 e. The lowest BCUT2D eigenvalue weighted by Crippen LogP contribution is -2.39. The maximum atomic E-state index is 12.0. The number of carbonyl (C=O) groups is 1. The summed E-state index contributed by atoms with van der Waals surface area (Å²) in [5, 5.41) is 3.21. The van der Waals surface area contributed by atoms with Crippen LogP contribution >= 0.6 is 0 Å². The Morgan fingerprint density at radius 3 is 2.62 bits per heavy atom. The summed E-state index contributed by atoms with van der Waals surface area (Å²) in [5.74, 6) is 0.481. The van der Waals surface area contributed by atoms with Crippen LogP contribution in [0, 0.1) is 5.92 Å². The van der Waals surface area contributed by atoms with Crippen LogP contribution in [0.5, 0.6) is 0 Å². The Morgan fingerprint density at radius 1 is 1.50 bits per heavy atom. The zero-order chi connectivity index (χ0) is 12.1. The lowest BCUT2D eigenvalue weighted by atomic mass is 10.1. The number of hydrogen-bond acceptors (Lipinski definition) is 4. The van der Waals surface area contributed by atoms with Crippen molar-refractivity contribution in [3.63, 3.8) is 0 Å². The summed E-state index contributed by atoms with van der Waals surface area (Å²) in [6, 6.07) is -0.0555. The number of rotatable bonds is 6. The van der Waals surface area contributed by atoms with E-state index in [2.05, 4.69) is 5.32 Å². The smallest absolute Gasteiger partial charge is 0.241 e. The van der Waals surface area contributed by atoms with Gasteiger partial charge in [0.15, 0.2) is 0 Å². The fourth-order valence-corrected chi connectivity index (χ4v) is 1.87. The van der Waals surface area contributed by atoms with E-state index in [1.807, 2.05) is 13.8 Å². The van der Waals surface area contributed by atoms with Crippen molar-refractivity contribution in [1.29, 1.82) is 0 Å². The van der Waals surface area contributed by atoms with Gasteiger partial charge in [0.2, 0.25) is 5.91 Å². The van der Waals surface area contributed by atoms with Gasteiger partial charge in [0.1, 0.15) is 0 Å². The molecule has 1 aliphatic heterocycles. The summed E-state index contributed by atoms with van der Waals surface area (Å²) in [5.41, 5.74) is 0. The SMILES string of the molecule is COCC(CN1CNC(C(C)C)C1=O)OC. The highest BCUT2D eigenvalue weighted by Crippen LogP contribution is 2.12. The summed E-state index contributed by atoms with van der Waals surface area (Å²) >= 11 is 0. The molecule has 1 rings (SSSR count). The molecule has 0 spiro atoms. The Bertz CT molecular complexity index is 233. The maximum absolute atomic E-state index is 12.0. The molecular formula is C11H22N2O3. The average molecular weight is 230 g/mol. The molecule has 1 amide bonds. The van der Waals surface area contributed by atoms with Crippen molar-refractivity contribution in [2.45, 2.75) is 26.0 Å². The Hall–Kier alpha value is -0.650. The quantitative estimate of drug-likeness (QED) is 0.701. The van der Waals surface area contributed by atoms with Crippen LogP contribution in [0.3, 0.4) is 0 Å². The van der Waals surface area contributed by atoms with E-state index >= 15 is 0 Å². The molecule has 1 saturated heterocycles. The third-order valence-electron chi connectivity index (χ3n) is 2.86. The maximum Gasteiger partial charge on any atom is 0.241 e. The third-order valence-corrected chi connectivity index (χ3v) is 2.86. The molecule has 0 saturated carbocycles. The van der Waals surface area contributed by atoms with Gasteiger partial charge in [-0.15, -0.1) is 0 Å². The van der Waals surface area contributed by atoms with E-state index in [4.69, 9.17) is 9.47 Å². The van der Waals surface area contributed by atoms with Crippen molar-refractivity contribution in [3.8, 4) is 0 Å². The lowest BCUT2D eigenvalue weighted by Gasteiger charge is -2.22. The van der Waals surface area contributed by atoms with Crippen LogP contribution < -0.4 is 5.32 Å². The molecule has 0 aromatic heterocycles. The molecule has 0 bridgehead atoms. The van der Waals surface area contributed by atoms with Gasteiger partial charge in [0.25, 0.3) is 0 Å². The molecule has 16 heavy (non-hydrogen) atoms. The van der Waals surface area contributed by atoms with Crippen molar-refractivity contribution < 1.29 is 14.3 Å². The molecule has 1 fully saturated rings. The number of nitrogens with one attached hydrogen (secondary N) is 1. The van der Waals surface area contributed by atoms with E-state index < -0.39 is 0 Å². The predicted octanol–water partition coefficient (Wildman–Crippen LogP) is 0.0617. The van der Waals surface area contributed by atoms with Crippen LogP contribution in [-0.2, 0) is 14.3 Å². The monoisotopic (exact) mass is 230 g/mol. The topological polar surface area (TPSA) is 50.8 Å². The average Bonchev–Trinajstić information content (AvgIpc) is 2.60. The molecule has 1 heterocycles. The van der Waals surface area contributed by atoms with Crippen LogP contribution in [0.2, 0.25) is 0 Å². The van der Waals surface area contributed by atoms with Gasteiger partial charge in [-0.1, -0.05) is 13.8 Å². The fourth-order valence-electron chi connectivity index (χ4n) is 1.87. The Kier molecular flexibility index (Phi) is 5.18. The first kappa shape index (κ1) is 13.4. The lowest BCUT2D eigenvalue weighted by molar-refractivity contribution is -0.131. The highest BCUT2D eigenvalue weighted by atomic mass is 16.5. The Morgan fingerprint density at radius 2 is 2.19 bits per heavy atom. The fraction of sp³-hybridized carbons (Fsp3) is 0.909. The van der Waals surface area contributed by atoms with Crippen LogP contribution in [0.1, 0.15) is 13.8 Å². The van der Waals surface area contributed by atoms with Crippen LogP contribution in [0.4, 0.5) is 0 Å². The third kappa shape index (κ3) is 3.17. The van der Waals surface area contributed by atoms with E-state index in [9.17, 15) is 4.79 Å². The summed E-state index contributed by atoms with van der Waals surface area (Å²) in [7, 11) is 3.27.